The molecule has 0 aliphatic rings. The lowest BCUT2D eigenvalue weighted by molar-refractivity contribution is 0.601. The molecule has 26 heavy (non-hydrogen) atoms. The second-order valence-electron chi connectivity index (χ2n) is 5.15. The number of nitriles is 1. The van der Waals surface area contributed by atoms with Crippen molar-refractivity contribution in [1.29, 1.82) is 5.26 Å². The first kappa shape index (κ1) is 17.7. The predicted octanol–water partition coefficient (Wildman–Crippen LogP) is 3.55. The third-order valence-corrected chi connectivity index (χ3v) is 5.17. The van der Waals surface area contributed by atoms with Crippen LogP contribution in [0.4, 0.5) is 17.3 Å². The van der Waals surface area contributed by atoms with Gasteiger partial charge in [-0.15, -0.1) is 10.2 Å². The van der Waals surface area contributed by atoms with Crippen LogP contribution in [0.5, 0.6) is 0 Å². The van der Waals surface area contributed by atoms with Crippen molar-refractivity contribution in [2.45, 2.75) is 4.90 Å². The van der Waals surface area contributed by atoms with Gasteiger partial charge in [0.25, 0.3) is 10.0 Å². The van der Waals surface area contributed by atoms with Crippen molar-refractivity contribution in [3.8, 4) is 6.07 Å². The lowest BCUT2D eigenvalue weighted by Gasteiger charge is -2.09. The van der Waals surface area contributed by atoms with Crippen molar-refractivity contribution < 1.29 is 8.42 Å². The second-order valence-corrected chi connectivity index (χ2v) is 7.21. The van der Waals surface area contributed by atoms with Crippen LogP contribution in [0.3, 0.4) is 0 Å². The van der Waals surface area contributed by atoms with Gasteiger partial charge >= 0.3 is 0 Å². The summed E-state index contributed by atoms with van der Waals surface area (Å²) in [4.78, 5) is -0.0387. The van der Waals surface area contributed by atoms with Gasteiger partial charge in [0.2, 0.25) is 0 Å². The summed E-state index contributed by atoms with van der Waals surface area (Å²) in [6.45, 7) is 0. The molecule has 0 amide bonds. The maximum atomic E-state index is 12.4. The lowest BCUT2D eigenvalue weighted by atomic mass is 10.2. The summed E-state index contributed by atoms with van der Waals surface area (Å²) in [6.07, 6.45) is 0. The molecule has 7 nitrogen and oxygen atoms in total. The number of benzene rings is 2. The largest absolute Gasteiger partial charge is 0.339 e. The summed E-state index contributed by atoms with van der Waals surface area (Å²) < 4.78 is 27.0. The molecule has 1 aromatic heterocycles. The number of nitrogens with one attached hydrogen (secondary N) is 2. The molecule has 9 heteroatoms. The zero-order valence-corrected chi connectivity index (χ0v) is 14.8. The molecule has 1 heterocycles. The van der Waals surface area contributed by atoms with E-state index in [-0.39, 0.29) is 15.7 Å². The maximum absolute atomic E-state index is 12.4. The van der Waals surface area contributed by atoms with Crippen molar-refractivity contribution in [1.82, 2.24) is 10.2 Å². The van der Waals surface area contributed by atoms with E-state index < -0.39 is 10.0 Å². The molecule has 2 N–H and O–H groups in total. The zero-order valence-electron chi connectivity index (χ0n) is 13.2. The average molecular weight is 386 g/mol. The molecule has 0 bridgehead atoms. The van der Waals surface area contributed by atoms with E-state index in [9.17, 15) is 8.42 Å². The first-order valence-electron chi connectivity index (χ1n) is 7.36. The maximum Gasteiger partial charge on any atom is 0.264 e. The number of anilines is 3. The van der Waals surface area contributed by atoms with Crippen molar-refractivity contribution in [2.75, 3.05) is 10.0 Å². The van der Waals surface area contributed by atoms with Crippen LogP contribution in [0.15, 0.2) is 65.6 Å². The van der Waals surface area contributed by atoms with E-state index in [0.717, 1.165) is 5.69 Å². The van der Waals surface area contributed by atoms with Crippen LogP contribution in [0.1, 0.15) is 5.56 Å². The molecule has 0 unspecified atom stereocenters. The van der Waals surface area contributed by atoms with Crippen molar-refractivity contribution in [3.05, 3.63) is 71.2 Å². The number of hydrogen-bond donors (Lipinski definition) is 2. The number of hydrogen-bond acceptors (Lipinski definition) is 6. The highest BCUT2D eigenvalue weighted by molar-refractivity contribution is 7.92. The summed E-state index contributed by atoms with van der Waals surface area (Å²) in [5, 5.41) is 19.7. The third kappa shape index (κ3) is 4.08. The number of sulfonamides is 1. The van der Waals surface area contributed by atoms with Crippen molar-refractivity contribution in [3.63, 3.8) is 0 Å². The smallest absolute Gasteiger partial charge is 0.264 e. The summed E-state index contributed by atoms with van der Waals surface area (Å²) in [7, 11) is -3.86. The van der Waals surface area contributed by atoms with Crippen molar-refractivity contribution >= 4 is 38.9 Å². The second kappa shape index (κ2) is 7.39. The molecule has 0 aliphatic carbocycles. The van der Waals surface area contributed by atoms with E-state index in [0.29, 0.717) is 11.4 Å². The fraction of sp³-hybridized carbons (Fsp3) is 0. The molecule has 0 aliphatic heterocycles. The van der Waals surface area contributed by atoms with Gasteiger partial charge in [0, 0.05) is 5.69 Å². The van der Waals surface area contributed by atoms with Crippen LogP contribution in [0, 0.1) is 11.3 Å². The van der Waals surface area contributed by atoms with Crippen LogP contribution in [0.2, 0.25) is 5.02 Å². The fourth-order valence-electron chi connectivity index (χ4n) is 2.08. The van der Waals surface area contributed by atoms with Crippen LogP contribution in [-0.4, -0.2) is 18.6 Å². The Labute approximate surface area is 155 Å². The van der Waals surface area contributed by atoms with Gasteiger partial charge in [-0.3, -0.25) is 4.72 Å². The Morgan fingerprint density at radius 3 is 2.19 bits per heavy atom. The Kier molecular flexibility index (Phi) is 5.02. The van der Waals surface area contributed by atoms with Crippen molar-refractivity contribution in [2.24, 2.45) is 0 Å². The summed E-state index contributed by atoms with van der Waals surface area (Å²) in [5.74, 6) is 0.491. The van der Waals surface area contributed by atoms with E-state index in [1.54, 1.807) is 42.5 Å². The molecule has 0 atom stereocenters. The quantitative estimate of drug-likeness (QED) is 0.695. The molecule has 2 aromatic carbocycles. The summed E-state index contributed by atoms with van der Waals surface area (Å²) >= 11 is 5.93. The van der Waals surface area contributed by atoms with E-state index in [1.807, 2.05) is 6.07 Å². The molecular formula is C17H12ClN5O2S. The first-order chi connectivity index (χ1) is 12.5. The first-order valence-corrected chi connectivity index (χ1v) is 9.22. The molecule has 0 saturated heterocycles. The predicted molar refractivity (Wildman–Crippen MR) is 98.7 cm³/mol. The van der Waals surface area contributed by atoms with Gasteiger partial charge in [-0.1, -0.05) is 23.7 Å². The Morgan fingerprint density at radius 2 is 1.58 bits per heavy atom. The molecule has 0 spiro atoms. The van der Waals surface area contributed by atoms with Gasteiger partial charge in [-0.05, 0) is 48.5 Å². The van der Waals surface area contributed by atoms with Gasteiger partial charge < -0.3 is 5.32 Å². The van der Waals surface area contributed by atoms with Gasteiger partial charge in [0.1, 0.15) is 4.90 Å². The fourth-order valence-corrected chi connectivity index (χ4v) is 3.60. The van der Waals surface area contributed by atoms with E-state index >= 15 is 0 Å². The van der Waals surface area contributed by atoms with Crippen LogP contribution in [-0.2, 0) is 10.0 Å². The van der Waals surface area contributed by atoms with Gasteiger partial charge in [-0.25, -0.2) is 8.42 Å². The number of halogens is 1. The topological polar surface area (TPSA) is 108 Å². The molecule has 0 fully saturated rings. The number of nitrogens with zero attached hydrogens (tertiary/aromatic N) is 3. The Hall–Kier alpha value is -3.15. The van der Waals surface area contributed by atoms with Crippen LogP contribution in [0.25, 0.3) is 0 Å². The molecular weight excluding hydrogens is 374 g/mol. The summed E-state index contributed by atoms with van der Waals surface area (Å²) in [5.41, 5.74) is 1.27. The van der Waals surface area contributed by atoms with E-state index in [2.05, 4.69) is 20.2 Å². The molecule has 3 rings (SSSR count). The average Bonchev–Trinajstić information content (AvgIpc) is 2.64. The van der Waals surface area contributed by atoms with Crippen LogP contribution < -0.4 is 10.0 Å². The van der Waals surface area contributed by atoms with Gasteiger partial charge in [-0.2, -0.15) is 5.26 Å². The molecule has 0 radical (unpaired) electrons. The minimum atomic E-state index is -3.86. The summed E-state index contributed by atoms with van der Waals surface area (Å²) in [6, 6.07) is 18.0. The SMILES string of the molecule is N#Cc1ccc(Nc2ccc(NS(=O)(=O)c3ccccc3Cl)nn2)cc1. The molecule has 130 valence electrons. The standard InChI is InChI=1S/C17H12ClN5O2S/c18-14-3-1-2-4-15(14)26(24,25)23-17-10-9-16(21-22-17)20-13-7-5-12(11-19)6-8-13/h1-10H,(H,20,21)(H,22,23). The highest BCUT2D eigenvalue weighted by Gasteiger charge is 2.18. The highest BCUT2D eigenvalue weighted by atomic mass is 35.5. The Bertz CT molecular complexity index is 1060. The van der Waals surface area contributed by atoms with E-state index in [1.165, 1.54) is 18.2 Å². The lowest BCUT2D eigenvalue weighted by Crippen LogP contribution is -2.14. The van der Waals surface area contributed by atoms with Gasteiger partial charge in [0.15, 0.2) is 11.6 Å². The minimum Gasteiger partial charge on any atom is -0.339 e. The van der Waals surface area contributed by atoms with Crippen LogP contribution >= 0.6 is 11.6 Å². The number of aromatic nitrogens is 2. The molecule has 0 saturated carbocycles. The normalized spacial score (nSPS) is 10.8. The Morgan fingerprint density at radius 1 is 0.923 bits per heavy atom. The Balaban J connectivity index is 1.73. The minimum absolute atomic E-state index is 0.0387. The monoisotopic (exact) mass is 385 g/mol. The zero-order chi connectivity index (χ0) is 18.6. The van der Waals surface area contributed by atoms with E-state index in [4.69, 9.17) is 16.9 Å². The third-order valence-electron chi connectivity index (χ3n) is 3.32. The van der Waals surface area contributed by atoms with Gasteiger partial charge in [0.05, 0.1) is 16.7 Å². The molecule has 3 aromatic rings. The number of rotatable bonds is 5. The highest BCUT2D eigenvalue weighted by Crippen LogP contribution is 2.23.